The summed E-state index contributed by atoms with van der Waals surface area (Å²) in [6.07, 6.45) is 2.94. The van der Waals surface area contributed by atoms with Gasteiger partial charge >= 0.3 is 0 Å². The second-order valence-electron chi connectivity index (χ2n) is 7.48. The summed E-state index contributed by atoms with van der Waals surface area (Å²) in [5.74, 6) is 0.253. The minimum absolute atomic E-state index is 0.0539. The lowest BCUT2D eigenvalue weighted by Gasteiger charge is -2.52. The average molecular weight is 366 g/mol. The lowest BCUT2D eigenvalue weighted by Crippen LogP contribution is -2.66. The van der Waals surface area contributed by atoms with Crippen LogP contribution in [0.5, 0.6) is 0 Å². The number of hydrogen-bond acceptors (Lipinski definition) is 4. The van der Waals surface area contributed by atoms with E-state index in [9.17, 15) is 13.2 Å². The molecule has 3 rings (SSSR count). The molecule has 1 amide bonds. The smallest absolute Gasteiger partial charge is 0.254 e. The van der Waals surface area contributed by atoms with E-state index in [0.29, 0.717) is 26.2 Å². The monoisotopic (exact) mass is 366 g/mol. The molecule has 1 unspecified atom stereocenters. The summed E-state index contributed by atoms with van der Waals surface area (Å²) in [5, 5.41) is 0. The van der Waals surface area contributed by atoms with Crippen molar-refractivity contribution in [3.8, 4) is 0 Å². The Morgan fingerprint density at radius 2 is 2.04 bits per heavy atom. The van der Waals surface area contributed by atoms with Crippen molar-refractivity contribution in [3.63, 3.8) is 0 Å². The molecule has 0 aliphatic carbocycles. The Labute approximate surface area is 149 Å². The number of ether oxygens (including phenoxy) is 1. The molecule has 2 heterocycles. The van der Waals surface area contributed by atoms with E-state index in [1.165, 1.54) is 11.8 Å². The Balaban J connectivity index is 1.51. The number of aryl methyl sites for hydroxylation is 2. The van der Waals surface area contributed by atoms with Crippen LogP contribution in [-0.4, -0.2) is 57.3 Å². The van der Waals surface area contributed by atoms with Crippen molar-refractivity contribution in [2.24, 2.45) is 5.92 Å². The van der Waals surface area contributed by atoms with E-state index >= 15 is 0 Å². The fourth-order valence-corrected chi connectivity index (χ4v) is 3.99. The van der Waals surface area contributed by atoms with Crippen molar-refractivity contribution in [2.75, 3.05) is 32.5 Å². The number of nitrogens with zero attached hydrogens (tertiary/aromatic N) is 1. The lowest BCUT2D eigenvalue weighted by molar-refractivity contribution is -0.165. The summed E-state index contributed by atoms with van der Waals surface area (Å²) >= 11 is 0. The summed E-state index contributed by atoms with van der Waals surface area (Å²) in [7, 11) is -3.16. The fourth-order valence-electron chi connectivity index (χ4n) is 3.45. The number of hydrogen-bond donors (Lipinski definition) is 1. The van der Waals surface area contributed by atoms with E-state index < -0.39 is 10.0 Å². The normalized spacial score (nSPS) is 22.7. The van der Waals surface area contributed by atoms with Gasteiger partial charge in [0.25, 0.3) is 5.91 Å². The average Bonchev–Trinajstić information content (AvgIpc) is 2.52. The first-order valence-electron chi connectivity index (χ1n) is 8.63. The van der Waals surface area contributed by atoms with E-state index in [0.717, 1.165) is 24.0 Å². The Morgan fingerprint density at radius 1 is 1.32 bits per heavy atom. The summed E-state index contributed by atoms with van der Waals surface area (Å²) in [5.41, 5.74) is 2.79. The van der Waals surface area contributed by atoms with Crippen LogP contribution in [0.2, 0.25) is 0 Å². The number of carbonyl (C=O) groups excluding carboxylic acids is 1. The third-order valence-corrected chi connectivity index (χ3v) is 5.96. The maximum Gasteiger partial charge on any atom is 0.254 e. The molecule has 2 saturated heterocycles. The molecule has 2 fully saturated rings. The molecule has 138 valence electrons. The van der Waals surface area contributed by atoms with Gasteiger partial charge in [0.15, 0.2) is 0 Å². The van der Waals surface area contributed by atoms with Crippen molar-refractivity contribution in [3.05, 3.63) is 34.9 Å². The van der Waals surface area contributed by atoms with Crippen molar-refractivity contribution in [1.82, 2.24) is 9.62 Å². The Bertz CT molecular complexity index is 759. The highest BCUT2D eigenvalue weighted by Gasteiger charge is 2.48. The molecular formula is C18H26N2O4S. The largest absolute Gasteiger partial charge is 0.371 e. The van der Waals surface area contributed by atoms with Gasteiger partial charge in [0.2, 0.25) is 10.0 Å². The number of carbonyl (C=O) groups is 1. The Morgan fingerprint density at radius 3 is 2.60 bits per heavy atom. The highest BCUT2D eigenvalue weighted by atomic mass is 32.2. The maximum absolute atomic E-state index is 12.6. The van der Waals surface area contributed by atoms with Crippen LogP contribution in [-0.2, 0) is 14.8 Å². The molecule has 0 aromatic heterocycles. The minimum atomic E-state index is -3.16. The van der Waals surface area contributed by atoms with Gasteiger partial charge < -0.3 is 9.64 Å². The quantitative estimate of drug-likeness (QED) is 0.876. The molecule has 2 aliphatic heterocycles. The Kier molecular flexibility index (Phi) is 4.92. The second-order valence-corrected chi connectivity index (χ2v) is 9.31. The molecule has 1 atom stereocenters. The zero-order valence-corrected chi connectivity index (χ0v) is 15.9. The van der Waals surface area contributed by atoms with Crippen molar-refractivity contribution in [1.29, 1.82) is 0 Å². The van der Waals surface area contributed by atoms with Gasteiger partial charge in [-0.05, 0) is 55.9 Å². The molecule has 25 heavy (non-hydrogen) atoms. The molecule has 0 radical (unpaired) electrons. The van der Waals surface area contributed by atoms with Gasteiger partial charge in [0, 0.05) is 12.1 Å². The van der Waals surface area contributed by atoms with Gasteiger partial charge in [0.1, 0.15) is 5.60 Å². The van der Waals surface area contributed by atoms with Crippen LogP contribution in [0, 0.1) is 19.8 Å². The topological polar surface area (TPSA) is 75.7 Å². The van der Waals surface area contributed by atoms with Crippen LogP contribution in [0.1, 0.15) is 34.3 Å². The van der Waals surface area contributed by atoms with E-state index in [1.807, 2.05) is 36.9 Å². The summed E-state index contributed by atoms with van der Waals surface area (Å²) in [4.78, 5) is 14.4. The van der Waals surface area contributed by atoms with E-state index in [1.54, 1.807) is 0 Å². The van der Waals surface area contributed by atoms with Gasteiger partial charge in [0.05, 0.1) is 26.0 Å². The van der Waals surface area contributed by atoms with Crippen LogP contribution in [0.25, 0.3) is 0 Å². The van der Waals surface area contributed by atoms with Crippen LogP contribution in [0.15, 0.2) is 18.2 Å². The highest BCUT2D eigenvalue weighted by Crippen LogP contribution is 2.36. The van der Waals surface area contributed by atoms with Crippen molar-refractivity contribution in [2.45, 2.75) is 32.3 Å². The minimum Gasteiger partial charge on any atom is -0.371 e. The standard InChI is InChI=1S/C18H26N2O4S/c1-13-4-5-16(8-14(13)2)17(21)20-11-18(12-20)7-6-15(10-24-18)9-19-25(3,22)23/h4-5,8,15,19H,6-7,9-12H2,1-3H3. The van der Waals surface area contributed by atoms with Crippen LogP contribution < -0.4 is 4.72 Å². The maximum atomic E-state index is 12.6. The van der Waals surface area contributed by atoms with Crippen LogP contribution >= 0.6 is 0 Å². The van der Waals surface area contributed by atoms with E-state index in [4.69, 9.17) is 4.74 Å². The first-order valence-corrected chi connectivity index (χ1v) is 10.5. The van der Waals surface area contributed by atoms with Gasteiger partial charge in [-0.25, -0.2) is 13.1 Å². The molecular weight excluding hydrogens is 340 g/mol. The third-order valence-electron chi connectivity index (χ3n) is 5.27. The molecule has 1 aromatic rings. The number of likely N-dealkylation sites (tertiary alicyclic amines) is 1. The first kappa shape index (κ1) is 18.4. The zero-order valence-electron chi connectivity index (χ0n) is 15.0. The van der Waals surface area contributed by atoms with Gasteiger partial charge in [-0.2, -0.15) is 0 Å². The summed E-state index contributed by atoms with van der Waals surface area (Å²) < 4.78 is 30.9. The molecule has 1 spiro atoms. The van der Waals surface area contributed by atoms with Gasteiger partial charge in [-0.3, -0.25) is 4.79 Å². The molecule has 7 heteroatoms. The van der Waals surface area contributed by atoms with Crippen molar-refractivity contribution < 1.29 is 17.9 Å². The predicted octanol–water partition coefficient (Wildman–Crippen LogP) is 1.47. The van der Waals surface area contributed by atoms with Gasteiger partial charge in [-0.15, -0.1) is 0 Å². The molecule has 0 saturated carbocycles. The number of amides is 1. The molecule has 6 nitrogen and oxygen atoms in total. The predicted molar refractivity (Wildman–Crippen MR) is 96.1 cm³/mol. The molecule has 0 bridgehead atoms. The van der Waals surface area contributed by atoms with E-state index in [-0.39, 0.29) is 17.4 Å². The number of benzene rings is 1. The lowest BCUT2D eigenvalue weighted by atomic mass is 9.82. The summed E-state index contributed by atoms with van der Waals surface area (Å²) in [6, 6.07) is 5.80. The summed E-state index contributed by atoms with van der Waals surface area (Å²) in [6.45, 7) is 6.23. The molecule has 2 aliphatic rings. The highest BCUT2D eigenvalue weighted by molar-refractivity contribution is 7.88. The third kappa shape index (κ3) is 4.22. The second kappa shape index (κ2) is 6.70. The number of sulfonamides is 1. The first-order chi connectivity index (χ1) is 11.7. The molecule has 1 N–H and O–H groups in total. The molecule has 1 aromatic carbocycles. The fraction of sp³-hybridized carbons (Fsp3) is 0.611. The Hall–Kier alpha value is -1.44. The number of rotatable bonds is 4. The van der Waals surface area contributed by atoms with Crippen molar-refractivity contribution >= 4 is 15.9 Å². The zero-order chi connectivity index (χ0) is 18.2. The van der Waals surface area contributed by atoms with E-state index in [2.05, 4.69) is 4.72 Å². The number of nitrogens with one attached hydrogen (secondary N) is 1. The van der Waals surface area contributed by atoms with Crippen LogP contribution in [0.4, 0.5) is 0 Å². The van der Waals surface area contributed by atoms with Crippen LogP contribution in [0.3, 0.4) is 0 Å². The SMILES string of the molecule is Cc1ccc(C(=O)N2CC3(CCC(CNS(C)(=O)=O)CO3)C2)cc1C. The van der Waals surface area contributed by atoms with Gasteiger partial charge in [-0.1, -0.05) is 6.07 Å².